The fourth-order valence-corrected chi connectivity index (χ4v) is 1.82. The van der Waals surface area contributed by atoms with Crippen LogP contribution >= 0.6 is 0 Å². The summed E-state index contributed by atoms with van der Waals surface area (Å²) in [6.45, 7) is 2.79. The van der Waals surface area contributed by atoms with Crippen LogP contribution < -0.4 is 5.73 Å². The van der Waals surface area contributed by atoms with Gasteiger partial charge >= 0.3 is 0 Å². The van der Waals surface area contributed by atoms with Gasteiger partial charge < -0.3 is 5.73 Å². The topological polar surface area (TPSA) is 38.4 Å². The van der Waals surface area contributed by atoms with Crippen molar-refractivity contribution in [1.82, 2.24) is 0 Å². The molecule has 0 fully saturated rings. The van der Waals surface area contributed by atoms with Gasteiger partial charge in [-0.2, -0.15) is 0 Å². The predicted octanol–water partition coefficient (Wildman–Crippen LogP) is 1.70. The quantitative estimate of drug-likeness (QED) is 0.538. The molecular weight excluding hydrogens is 160 g/mol. The summed E-state index contributed by atoms with van der Waals surface area (Å²) in [4.78, 5) is 4.24. The van der Waals surface area contributed by atoms with Crippen molar-refractivity contribution >= 4 is 5.84 Å². The molecule has 2 N–H and O–H groups in total. The smallest absolute Gasteiger partial charge is 0.102 e. The summed E-state index contributed by atoms with van der Waals surface area (Å²) in [6, 6.07) is 8.43. The van der Waals surface area contributed by atoms with E-state index in [4.69, 9.17) is 5.73 Å². The van der Waals surface area contributed by atoms with Crippen LogP contribution in [0.15, 0.2) is 29.3 Å². The molecule has 0 aromatic heterocycles. The average Bonchev–Trinajstić information content (AvgIpc) is 2.07. The number of nitrogens with two attached hydrogens (primary N) is 1. The third-order valence-electron chi connectivity index (χ3n) is 2.55. The highest BCUT2D eigenvalue weighted by Gasteiger charge is 2.27. The molecule has 1 aliphatic carbocycles. The third-order valence-corrected chi connectivity index (χ3v) is 2.55. The van der Waals surface area contributed by atoms with Crippen LogP contribution in [0.2, 0.25) is 0 Å². The first kappa shape index (κ1) is 8.30. The number of amidine groups is 1. The number of hydrogen-bond acceptors (Lipinski definition) is 1. The van der Waals surface area contributed by atoms with Crippen LogP contribution in [0.4, 0.5) is 0 Å². The second-order valence-corrected chi connectivity index (χ2v) is 3.35. The van der Waals surface area contributed by atoms with Gasteiger partial charge in [0.25, 0.3) is 0 Å². The normalized spacial score (nSPS) is 20.7. The second-order valence-electron chi connectivity index (χ2n) is 3.35. The highest BCUT2D eigenvalue weighted by atomic mass is 14.9. The highest BCUT2D eigenvalue weighted by molar-refractivity contribution is 5.90. The Hall–Kier alpha value is -1.31. The summed E-state index contributed by atoms with van der Waals surface area (Å²) in [5.41, 5.74) is 8.63. The average molecular weight is 174 g/mol. The van der Waals surface area contributed by atoms with Crippen LogP contribution in [-0.4, -0.2) is 12.4 Å². The molecule has 0 heterocycles. The minimum Gasteiger partial charge on any atom is -0.387 e. The molecular formula is C11H14N2. The molecule has 1 aliphatic rings. The molecule has 1 aromatic rings. The molecule has 2 rings (SSSR count). The van der Waals surface area contributed by atoms with E-state index >= 15 is 0 Å². The molecule has 68 valence electrons. The summed E-state index contributed by atoms with van der Waals surface area (Å²) in [6.07, 6.45) is 1.06. The lowest BCUT2D eigenvalue weighted by molar-refractivity contribution is 0.757. The Bertz CT molecular complexity index is 342. The maximum atomic E-state index is 5.85. The van der Waals surface area contributed by atoms with Crippen molar-refractivity contribution in [3.8, 4) is 0 Å². The molecule has 0 radical (unpaired) electrons. The van der Waals surface area contributed by atoms with Gasteiger partial charge in [0.1, 0.15) is 5.84 Å². The summed E-state index contributed by atoms with van der Waals surface area (Å²) in [5, 5.41) is 0. The Morgan fingerprint density at radius 2 is 2.31 bits per heavy atom. The highest BCUT2D eigenvalue weighted by Crippen LogP contribution is 2.34. The summed E-state index contributed by atoms with van der Waals surface area (Å²) < 4.78 is 0. The minimum atomic E-state index is 0.385. The number of benzene rings is 1. The monoisotopic (exact) mass is 174 g/mol. The lowest BCUT2D eigenvalue weighted by atomic mass is 9.77. The molecule has 0 bridgehead atoms. The van der Waals surface area contributed by atoms with Crippen LogP contribution in [0.3, 0.4) is 0 Å². The van der Waals surface area contributed by atoms with Crippen molar-refractivity contribution in [2.24, 2.45) is 10.7 Å². The van der Waals surface area contributed by atoms with Crippen LogP contribution in [0, 0.1) is 0 Å². The Morgan fingerprint density at radius 1 is 1.54 bits per heavy atom. The van der Waals surface area contributed by atoms with Crippen LogP contribution in [0.5, 0.6) is 0 Å². The van der Waals surface area contributed by atoms with E-state index in [1.165, 1.54) is 11.1 Å². The van der Waals surface area contributed by atoms with E-state index in [2.05, 4.69) is 29.3 Å². The number of aliphatic imine (C=N–C) groups is 1. The van der Waals surface area contributed by atoms with Crippen molar-refractivity contribution < 1.29 is 0 Å². The Balaban J connectivity index is 2.22. The van der Waals surface area contributed by atoms with E-state index in [1.807, 2.05) is 6.92 Å². The first-order chi connectivity index (χ1) is 6.33. The first-order valence-electron chi connectivity index (χ1n) is 4.70. The second kappa shape index (κ2) is 3.21. The zero-order valence-corrected chi connectivity index (χ0v) is 7.83. The van der Waals surface area contributed by atoms with Gasteiger partial charge in [-0.3, -0.25) is 4.99 Å². The van der Waals surface area contributed by atoms with Crippen molar-refractivity contribution in [3.05, 3.63) is 35.4 Å². The van der Waals surface area contributed by atoms with Gasteiger partial charge in [-0.05, 0) is 24.5 Å². The van der Waals surface area contributed by atoms with Crippen LogP contribution in [-0.2, 0) is 6.42 Å². The number of nitrogens with zero attached hydrogens (tertiary/aromatic N) is 1. The van der Waals surface area contributed by atoms with Gasteiger partial charge in [-0.25, -0.2) is 0 Å². The number of rotatable bonds is 2. The molecule has 13 heavy (non-hydrogen) atoms. The van der Waals surface area contributed by atoms with Gasteiger partial charge in [0.05, 0.1) is 0 Å². The molecule has 1 unspecified atom stereocenters. The van der Waals surface area contributed by atoms with E-state index < -0.39 is 0 Å². The Morgan fingerprint density at radius 3 is 3.00 bits per heavy atom. The molecule has 0 saturated carbocycles. The van der Waals surface area contributed by atoms with Gasteiger partial charge in [0, 0.05) is 12.5 Å². The van der Waals surface area contributed by atoms with Gasteiger partial charge in [-0.1, -0.05) is 24.3 Å². The van der Waals surface area contributed by atoms with E-state index in [1.54, 1.807) is 0 Å². The molecule has 1 aromatic carbocycles. The maximum Gasteiger partial charge on any atom is 0.102 e. The van der Waals surface area contributed by atoms with E-state index in [-0.39, 0.29) is 0 Å². The van der Waals surface area contributed by atoms with Crippen molar-refractivity contribution in [1.29, 1.82) is 0 Å². The van der Waals surface area contributed by atoms with E-state index in [0.29, 0.717) is 5.92 Å². The fraction of sp³-hybridized carbons (Fsp3) is 0.364. The van der Waals surface area contributed by atoms with E-state index in [0.717, 1.165) is 18.8 Å². The molecule has 0 aliphatic heterocycles. The standard InChI is InChI=1S/C11H14N2/c1-2-13-11(12)10-7-8-5-3-4-6-9(8)10/h3-6,10H,2,7H2,1H3,(H2,12,13). The Kier molecular flexibility index (Phi) is 2.05. The predicted molar refractivity (Wildman–Crippen MR) is 55.1 cm³/mol. The molecule has 2 nitrogen and oxygen atoms in total. The molecule has 1 atom stereocenters. The molecule has 0 spiro atoms. The Labute approximate surface area is 78.5 Å². The van der Waals surface area contributed by atoms with Gasteiger partial charge in [0.15, 0.2) is 0 Å². The van der Waals surface area contributed by atoms with Crippen LogP contribution in [0.1, 0.15) is 24.0 Å². The zero-order chi connectivity index (χ0) is 9.26. The lowest BCUT2D eigenvalue weighted by Gasteiger charge is -2.29. The number of hydrogen-bond donors (Lipinski definition) is 1. The molecule has 2 heteroatoms. The minimum absolute atomic E-state index is 0.385. The van der Waals surface area contributed by atoms with Crippen molar-refractivity contribution in [2.45, 2.75) is 19.3 Å². The summed E-state index contributed by atoms with van der Waals surface area (Å²) >= 11 is 0. The summed E-state index contributed by atoms with van der Waals surface area (Å²) in [7, 11) is 0. The van der Waals surface area contributed by atoms with Crippen molar-refractivity contribution in [2.75, 3.05) is 6.54 Å². The maximum absolute atomic E-state index is 5.85. The molecule has 0 amide bonds. The number of fused-ring (bicyclic) bond motifs is 1. The largest absolute Gasteiger partial charge is 0.387 e. The lowest BCUT2D eigenvalue weighted by Crippen LogP contribution is -2.31. The van der Waals surface area contributed by atoms with Gasteiger partial charge in [0.2, 0.25) is 0 Å². The van der Waals surface area contributed by atoms with Crippen molar-refractivity contribution in [3.63, 3.8) is 0 Å². The van der Waals surface area contributed by atoms with E-state index in [9.17, 15) is 0 Å². The third kappa shape index (κ3) is 1.32. The van der Waals surface area contributed by atoms with Gasteiger partial charge in [-0.15, -0.1) is 0 Å². The first-order valence-corrected chi connectivity index (χ1v) is 4.70. The molecule has 0 saturated heterocycles. The summed E-state index contributed by atoms with van der Waals surface area (Å²) in [5.74, 6) is 1.18. The SMILES string of the molecule is CCN=C(N)C1Cc2ccccc21. The fourth-order valence-electron chi connectivity index (χ4n) is 1.82. The van der Waals surface area contributed by atoms with Crippen LogP contribution in [0.25, 0.3) is 0 Å². The zero-order valence-electron chi connectivity index (χ0n) is 7.83.